The highest BCUT2D eigenvalue weighted by molar-refractivity contribution is 7.07. The summed E-state index contributed by atoms with van der Waals surface area (Å²) in [6.07, 6.45) is 2.48. The molecule has 22 heavy (non-hydrogen) atoms. The smallest absolute Gasteiger partial charge is 0.307 e. The second-order valence-corrected chi connectivity index (χ2v) is 7.69. The summed E-state index contributed by atoms with van der Waals surface area (Å²) in [6, 6.07) is 0. The van der Waals surface area contributed by atoms with Crippen LogP contribution in [0.4, 0.5) is 0 Å². The molecular formula is C16H23NO4S. The van der Waals surface area contributed by atoms with Crippen LogP contribution in [0.2, 0.25) is 0 Å². The monoisotopic (exact) mass is 325 g/mol. The molecule has 122 valence electrons. The number of aromatic nitrogens is 1. The van der Waals surface area contributed by atoms with Crippen molar-refractivity contribution in [1.82, 2.24) is 4.57 Å². The van der Waals surface area contributed by atoms with Crippen molar-refractivity contribution in [2.24, 2.45) is 11.3 Å². The van der Waals surface area contributed by atoms with Crippen LogP contribution in [0.3, 0.4) is 0 Å². The Kier molecular flexibility index (Phi) is 4.16. The first kappa shape index (κ1) is 15.7. The molecule has 0 bridgehead atoms. The summed E-state index contributed by atoms with van der Waals surface area (Å²) in [6.45, 7) is 7.29. The number of ether oxygens (including phenoxy) is 2. The highest BCUT2D eigenvalue weighted by Gasteiger charge is 2.60. The maximum absolute atomic E-state index is 12.2. The molecule has 3 atom stereocenters. The molecule has 0 N–H and O–H groups in total. The lowest BCUT2D eigenvalue weighted by molar-refractivity contribution is -0.254. The lowest BCUT2D eigenvalue weighted by Gasteiger charge is -2.58. The van der Waals surface area contributed by atoms with Crippen molar-refractivity contribution in [3.8, 4) is 0 Å². The molecule has 2 heterocycles. The predicted molar refractivity (Wildman–Crippen MR) is 84.1 cm³/mol. The van der Waals surface area contributed by atoms with E-state index in [0.717, 1.165) is 25.1 Å². The van der Waals surface area contributed by atoms with Crippen LogP contribution in [0.5, 0.6) is 0 Å². The van der Waals surface area contributed by atoms with Crippen LogP contribution >= 0.6 is 11.3 Å². The summed E-state index contributed by atoms with van der Waals surface area (Å²) in [4.78, 5) is 23.8. The van der Waals surface area contributed by atoms with Gasteiger partial charge in [0.2, 0.25) is 0 Å². The number of nitrogens with zero attached hydrogens (tertiary/aromatic N) is 1. The summed E-state index contributed by atoms with van der Waals surface area (Å²) in [5.41, 5.74) is 0.781. The molecular weight excluding hydrogens is 302 g/mol. The van der Waals surface area contributed by atoms with Crippen molar-refractivity contribution >= 4 is 17.3 Å². The SMILES string of the molecule is Cc1csc(=O)n1CCC(=O)OC1C2CCCOC2C1(C)C. The van der Waals surface area contributed by atoms with Gasteiger partial charge in [-0.25, -0.2) is 0 Å². The van der Waals surface area contributed by atoms with E-state index >= 15 is 0 Å². The number of rotatable bonds is 4. The molecule has 1 saturated carbocycles. The number of carbonyl (C=O) groups is 1. The number of aryl methyl sites for hydroxylation is 1. The standard InChI is InChI=1S/C16H23NO4S/c1-10-9-22-15(19)17(10)7-6-12(18)21-14-11-5-4-8-20-13(11)16(14,2)3/h9,11,13-14H,4-8H2,1-3H3. The third-order valence-electron chi connectivity index (χ3n) is 5.00. The maximum atomic E-state index is 12.2. The molecule has 1 aliphatic heterocycles. The fourth-order valence-corrected chi connectivity index (χ4v) is 4.55. The first-order valence-electron chi connectivity index (χ1n) is 7.87. The zero-order valence-corrected chi connectivity index (χ0v) is 14.1. The lowest BCUT2D eigenvalue weighted by atomic mass is 9.57. The Balaban J connectivity index is 1.57. The second kappa shape index (κ2) is 5.81. The van der Waals surface area contributed by atoms with E-state index in [1.54, 1.807) is 4.57 Å². The largest absolute Gasteiger partial charge is 0.461 e. The van der Waals surface area contributed by atoms with E-state index in [0.29, 0.717) is 12.5 Å². The van der Waals surface area contributed by atoms with Gasteiger partial charge in [-0.3, -0.25) is 9.59 Å². The van der Waals surface area contributed by atoms with Crippen molar-refractivity contribution in [3.05, 3.63) is 20.7 Å². The van der Waals surface area contributed by atoms with Gasteiger partial charge in [0, 0.05) is 35.6 Å². The molecule has 2 aliphatic rings. The molecule has 2 fully saturated rings. The minimum atomic E-state index is -0.223. The average Bonchev–Trinajstić information content (AvgIpc) is 2.81. The van der Waals surface area contributed by atoms with E-state index in [1.807, 2.05) is 12.3 Å². The van der Waals surface area contributed by atoms with Gasteiger partial charge in [-0.15, -0.1) is 0 Å². The van der Waals surface area contributed by atoms with Gasteiger partial charge in [0.25, 0.3) is 0 Å². The molecule has 1 aromatic rings. The molecule has 0 aromatic carbocycles. The Morgan fingerprint density at radius 3 is 3.00 bits per heavy atom. The molecule has 0 amide bonds. The highest BCUT2D eigenvalue weighted by atomic mass is 32.1. The zero-order valence-electron chi connectivity index (χ0n) is 13.3. The molecule has 0 radical (unpaired) electrons. The molecule has 1 saturated heterocycles. The number of hydrogen-bond donors (Lipinski definition) is 0. The third kappa shape index (κ3) is 2.63. The molecule has 6 heteroatoms. The molecule has 1 aliphatic carbocycles. The molecule has 3 rings (SSSR count). The van der Waals surface area contributed by atoms with Crippen LogP contribution in [0.15, 0.2) is 10.2 Å². The Hall–Kier alpha value is -1.14. The first-order valence-corrected chi connectivity index (χ1v) is 8.75. The van der Waals surface area contributed by atoms with Gasteiger partial charge in [0.15, 0.2) is 0 Å². The van der Waals surface area contributed by atoms with E-state index in [9.17, 15) is 9.59 Å². The fraction of sp³-hybridized carbons (Fsp3) is 0.750. The van der Waals surface area contributed by atoms with E-state index < -0.39 is 0 Å². The van der Waals surface area contributed by atoms with Crippen LogP contribution in [0, 0.1) is 18.3 Å². The Morgan fingerprint density at radius 2 is 2.32 bits per heavy atom. The summed E-state index contributed by atoms with van der Waals surface area (Å²) >= 11 is 1.17. The number of fused-ring (bicyclic) bond motifs is 1. The van der Waals surface area contributed by atoms with Gasteiger partial charge in [0.1, 0.15) is 6.10 Å². The highest BCUT2D eigenvalue weighted by Crippen LogP contribution is 2.52. The third-order valence-corrected chi connectivity index (χ3v) is 5.88. The van der Waals surface area contributed by atoms with Gasteiger partial charge in [0.05, 0.1) is 12.5 Å². The Labute approximate surface area is 134 Å². The topological polar surface area (TPSA) is 57.5 Å². The zero-order chi connectivity index (χ0) is 15.9. The van der Waals surface area contributed by atoms with Crippen molar-refractivity contribution in [2.45, 2.75) is 58.8 Å². The summed E-state index contributed by atoms with van der Waals surface area (Å²) in [5, 5.41) is 1.81. The average molecular weight is 325 g/mol. The van der Waals surface area contributed by atoms with Crippen molar-refractivity contribution in [1.29, 1.82) is 0 Å². The van der Waals surface area contributed by atoms with Crippen LogP contribution in [0.25, 0.3) is 0 Å². The fourth-order valence-electron chi connectivity index (χ4n) is 3.79. The van der Waals surface area contributed by atoms with E-state index in [2.05, 4.69) is 13.8 Å². The first-order chi connectivity index (χ1) is 10.4. The van der Waals surface area contributed by atoms with Crippen molar-refractivity contribution < 1.29 is 14.3 Å². The summed E-state index contributed by atoms with van der Waals surface area (Å²) in [7, 11) is 0. The molecule has 1 aromatic heterocycles. The van der Waals surface area contributed by atoms with Gasteiger partial charge in [-0.2, -0.15) is 0 Å². The van der Waals surface area contributed by atoms with E-state index in [-0.39, 0.29) is 34.9 Å². The van der Waals surface area contributed by atoms with Crippen LogP contribution in [-0.4, -0.2) is 29.4 Å². The number of thiazole rings is 1. The Morgan fingerprint density at radius 1 is 1.55 bits per heavy atom. The van der Waals surface area contributed by atoms with Crippen LogP contribution in [-0.2, 0) is 20.8 Å². The number of carbonyl (C=O) groups excluding carboxylic acids is 1. The van der Waals surface area contributed by atoms with E-state index in [4.69, 9.17) is 9.47 Å². The number of hydrogen-bond acceptors (Lipinski definition) is 5. The molecule has 5 nitrogen and oxygen atoms in total. The maximum Gasteiger partial charge on any atom is 0.307 e. The van der Waals surface area contributed by atoms with Gasteiger partial charge in [-0.05, 0) is 19.8 Å². The van der Waals surface area contributed by atoms with E-state index in [1.165, 1.54) is 11.3 Å². The minimum absolute atomic E-state index is 0.0185. The lowest BCUT2D eigenvalue weighted by Crippen LogP contribution is -2.65. The van der Waals surface area contributed by atoms with Crippen LogP contribution < -0.4 is 4.87 Å². The quantitative estimate of drug-likeness (QED) is 0.798. The Bertz CT molecular complexity index is 618. The van der Waals surface area contributed by atoms with Gasteiger partial charge < -0.3 is 14.0 Å². The van der Waals surface area contributed by atoms with Gasteiger partial charge >= 0.3 is 10.8 Å². The van der Waals surface area contributed by atoms with Crippen molar-refractivity contribution in [3.63, 3.8) is 0 Å². The summed E-state index contributed by atoms with van der Waals surface area (Å²) in [5.74, 6) is 0.109. The number of esters is 1. The predicted octanol–water partition coefficient (Wildman–Crippen LogP) is 2.36. The minimum Gasteiger partial charge on any atom is -0.461 e. The van der Waals surface area contributed by atoms with Crippen LogP contribution in [0.1, 0.15) is 38.8 Å². The van der Waals surface area contributed by atoms with Gasteiger partial charge in [-0.1, -0.05) is 25.2 Å². The molecule has 3 unspecified atom stereocenters. The summed E-state index contributed by atoms with van der Waals surface area (Å²) < 4.78 is 13.2. The molecule has 0 spiro atoms. The normalized spacial score (nSPS) is 29.5. The second-order valence-electron chi connectivity index (χ2n) is 6.87. The van der Waals surface area contributed by atoms with Crippen molar-refractivity contribution in [2.75, 3.05) is 6.61 Å².